The Balaban J connectivity index is 2.37. The number of carbonyl (C=O) groups excluding carboxylic acids is 1. The molecular formula is C13H8BrFO2. The molecule has 17 heavy (non-hydrogen) atoms. The van der Waals surface area contributed by atoms with Crippen LogP contribution in [0.2, 0.25) is 0 Å². The van der Waals surface area contributed by atoms with Gasteiger partial charge in [0.2, 0.25) is 0 Å². The summed E-state index contributed by atoms with van der Waals surface area (Å²) in [5, 5.41) is 9.04. The number of ketones is 1. The highest BCUT2D eigenvalue weighted by molar-refractivity contribution is 9.10. The molecule has 0 spiro atoms. The molecule has 0 saturated carbocycles. The maximum absolute atomic E-state index is 13.1. The highest BCUT2D eigenvalue weighted by Gasteiger charge is 2.11. The van der Waals surface area contributed by atoms with Gasteiger partial charge in [0, 0.05) is 15.6 Å². The van der Waals surface area contributed by atoms with Crippen LogP contribution in [-0.2, 0) is 0 Å². The zero-order valence-electron chi connectivity index (χ0n) is 8.65. The largest absolute Gasteiger partial charge is 0.505 e. The summed E-state index contributed by atoms with van der Waals surface area (Å²) in [6, 6.07) is 10.4. The van der Waals surface area contributed by atoms with Crippen molar-refractivity contribution in [3.63, 3.8) is 0 Å². The highest BCUT2D eigenvalue weighted by atomic mass is 79.9. The first-order chi connectivity index (χ1) is 8.08. The van der Waals surface area contributed by atoms with Gasteiger partial charge >= 0.3 is 0 Å². The van der Waals surface area contributed by atoms with Gasteiger partial charge in [-0.2, -0.15) is 0 Å². The summed E-state index contributed by atoms with van der Waals surface area (Å²) < 4.78 is 14.0. The molecule has 0 aliphatic rings. The van der Waals surface area contributed by atoms with E-state index in [9.17, 15) is 9.18 Å². The molecule has 0 aliphatic heterocycles. The average Bonchev–Trinajstić information content (AvgIpc) is 2.33. The Kier molecular flexibility index (Phi) is 3.24. The molecule has 2 nitrogen and oxygen atoms in total. The fourth-order valence-electron chi connectivity index (χ4n) is 1.42. The minimum absolute atomic E-state index is 0.211. The van der Waals surface area contributed by atoms with Crippen LogP contribution in [0.5, 0.6) is 5.75 Å². The van der Waals surface area contributed by atoms with Gasteiger partial charge in [-0.05, 0) is 42.5 Å². The maximum Gasteiger partial charge on any atom is 0.193 e. The van der Waals surface area contributed by atoms with E-state index in [4.69, 9.17) is 5.11 Å². The lowest BCUT2D eigenvalue weighted by molar-refractivity contribution is 0.103. The predicted octanol–water partition coefficient (Wildman–Crippen LogP) is 3.52. The van der Waals surface area contributed by atoms with Crippen LogP contribution in [0.15, 0.2) is 46.9 Å². The Morgan fingerprint density at radius 1 is 1.06 bits per heavy atom. The van der Waals surface area contributed by atoms with Gasteiger partial charge in [0.1, 0.15) is 0 Å². The number of hydrogen-bond acceptors (Lipinski definition) is 2. The number of rotatable bonds is 2. The Hall–Kier alpha value is -1.68. The third-order valence-electron chi connectivity index (χ3n) is 2.32. The third-order valence-corrected chi connectivity index (χ3v) is 2.84. The van der Waals surface area contributed by atoms with Crippen molar-refractivity contribution >= 4 is 21.7 Å². The first kappa shape index (κ1) is 11.8. The summed E-state index contributed by atoms with van der Waals surface area (Å²) in [6.07, 6.45) is 0. The standard InChI is InChI=1S/C13H8BrFO2/c14-10-4-1-8(2-5-10)13(17)9-3-6-12(16)11(15)7-9/h1-7,16H. The van der Waals surface area contributed by atoms with Crippen molar-refractivity contribution in [2.24, 2.45) is 0 Å². The van der Waals surface area contributed by atoms with Gasteiger partial charge < -0.3 is 5.11 Å². The summed E-state index contributed by atoms with van der Waals surface area (Å²) in [6.45, 7) is 0. The van der Waals surface area contributed by atoms with Crippen molar-refractivity contribution in [2.75, 3.05) is 0 Å². The van der Waals surface area contributed by atoms with Crippen LogP contribution in [0.3, 0.4) is 0 Å². The second kappa shape index (κ2) is 4.67. The van der Waals surface area contributed by atoms with E-state index in [1.54, 1.807) is 24.3 Å². The summed E-state index contributed by atoms with van der Waals surface area (Å²) in [4.78, 5) is 12.0. The molecule has 0 amide bonds. The monoisotopic (exact) mass is 294 g/mol. The van der Waals surface area contributed by atoms with E-state index < -0.39 is 11.6 Å². The lowest BCUT2D eigenvalue weighted by atomic mass is 10.0. The molecular weight excluding hydrogens is 287 g/mol. The summed E-state index contributed by atoms with van der Waals surface area (Å²) in [5.41, 5.74) is 0.681. The van der Waals surface area contributed by atoms with Crippen LogP contribution >= 0.6 is 15.9 Å². The van der Waals surface area contributed by atoms with E-state index >= 15 is 0 Å². The normalized spacial score (nSPS) is 10.2. The molecule has 0 unspecified atom stereocenters. The first-order valence-electron chi connectivity index (χ1n) is 4.87. The smallest absolute Gasteiger partial charge is 0.193 e. The molecule has 0 atom stereocenters. The molecule has 0 bridgehead atoms. The summed E-state index contributed by atoms with van der Waals surface area (Å²) >= 11 is 3.27. The number of hydrogen-bond donors (Lipinski definition) is 1. The average molecular weight is 295 g/mol. The zero-order chi connectivity index (χ0) is 12.4. The molecule has 2 rings (SSSR count). The fourth-order valence-corrected chi connectivity index (χ4v) is 1.68. The van der Waals surface area contributed by atoms with Gasteiger partial charge in [-0.1, -0.05) is 15.9 Å². The van der Waals surface area contributed by atoms with E-state index in [1.807, 2.05) is 0 Å². The van der Waals surface area contributed by atoms with Gasteiger partial charge in [-0.25, -0.2) is 4.39 Å². The number of phenols is 1. The fraction of sp³-hybridized carbons (Fsp3) is 0. The van der Waals surface area contributed by atoms with E-state index in [0.29, 0.717) is 5.56 Å². The molecule has 0 heterocycles. The van der Waals surface area contributed by atoms with Crippen molar-refractivity contribution < 1.29 is 14.3 Å². The Morgan fingerprint density at radius 2 is 1.65 bits per heavy atom. The molecule has 0 saturated heterocycles. The molecule has 2 aromatic carbocycles. The van der Waals surface area contributed by atoms with Crippen molar-refractivity contribution in [3.05, 3.63) is 63.9 Å². The Morgan fingerprint density at radius 3 is 2.24 bits per heavy atom. The molecule has 0 fully saturated rings. The van der Waals surface area contributed by atoms with E-state index in [-0.39, 0.29) is 11.3 Å². The lowest BCUT2D eigenvalue weighted by Crippen LogP contribution is -2.01. The predicted molar refractivity (Wildman–Crippen MR) is 65.6 cm³/mol. The maximum atomic E-state index is 13.1. The molecule has 1 N–H and O–H groups in total. The van der Waals surface area contributed by atoms with Crippen LogP contribution in [0.25, 0.3) is 0 Å². The van der Waals surface area contributed by atoms with Gasteiger partial charge in [-0.3, -0.25) is 4.79 Å². The number of carbonyl (C=O) groups is 1. The minimum Gasteiger partial charge on any atom is -0.505 e. The van der Waals surface area contributed by atoms with Crippen molar-refractivity contribution in [1.29, 1.82) is 0 Å². The lowest BCUT2D eigenvalue weighted by Gasteiger charge is -2.02. The van der Waals surface area contributed by atoms with Crippen LogP contribution in [0.1, 0.15) is 15.9 Å². The third kappa shape index (κ3) is 2.53. The van der Waals surface area contributed by atoms with Gasteiger partial charge in [0.05, 0.1) is 0 Å². The van der Waals surface area contributed by atoms with Crippen molar-refractivity contribution in [2.45, 2.75) is 0 Å². The second-order valence-corrected chi connectivity index (χ2v) is 4.42. The van der Waals surface area contributed by atoms with Crippen LogP contribution in [0.4, 0.5) is 4.39 Å². The first-order valence-corrected chi connectivity index (χ1v) is 5.66. The molecule has 0 radical (unpaired) electrons. The molecule has 2 aromatic rings. The summed E-state index contributed by atoms with van der Waals surface area (Å²) in [7, 11) is 0. The number of benzene rings is 2. The van der Waals surface area contributed by atoms with Crippen molar-refractivity contribution in [1.82, 2.24) is 0 Å². The van der Waals surface area contributed by atoms with Gasteiger partial charge in [0.25, 0.3) is 0 Å². The van der Waals surface area contributed by atoms with Crippen LogP contribution < -0.4 is 0 Å². The number of phenolic OH excluding ortho intramolecular Hbond substituents is 1. The molecule has 0 aromatic heterocycles. The van der Waals surface area contributed by atoms with Crippen LogP contribution in [0, 0.1) is 5.82 Å². The van der Waals surface area contributed by atoms with Crippen molar-refractivity contribution in [3.8, 4) is 5.75 Å². The number of halogens is 2. The highest BCUT2D eigenvalue weighted by Crippen LogP contribution is 2.19. The molecule has 86 valence electrons. The van der Waals surface area contributed by atoms with E-state index in [1.165, 1.54) is 12.1 Å². The Labute approximate surface area is 106 Å². The molecule has 4 heteroatoms. The van der Waals surface area contributed by atoms with E-state index in [0.717, 1.165) is 10.5 Å². The SMILES string of the molecule is O=C(c1ccc(Br)cc1)c1ccc(O)c(F)c1. The topological polar surface area (TPSA) is 37.3 Å². The second-order valence-electron chi connectivity index (χ2n) is 3.50. The Bertz CT molecular complexity index is 564. The van der Waals surface area contributed by atoms with Gasteiger partial charge in [0.15, 0.2) is 17.3 Å². The summed E-state index contributed by atoms with van der Waals surface area (Å²) in [5.74, 6) is -1.54. The quantitative estimate of drug-likeness (QED) is 0.861. The van der Waals surface area contributed by atoms with Crippen LogP contribution in [-0.4, -0.2) is 10.9 Å². The van der Waals surface area contributed by atoms with Gasteiger partial charge in [-0.15, -0.1) is 0 Å². The molecule has 0 aliphatic carbocycles. The zero-order valence-corrected chi connectivity index (χ0v) is 10.2. The number of aromatic hydroxyl groups is 1. The van der Waals surface area contributed by atoms with E-state index in [2.05, 4.69) is 15.9 Å². The minimum atomic E-state index is -0.798.